The summed E-state index contributed by atoms with van der Waals surface area (Å²) in [5, 5.41) is 5.82. The van der Waals surface area contributed by atoms with E-state index in [-0.39, 0.29) is 17.0 Å². The molecule has 1 heterocycles. The Morgan fingerprint density at radius 1 is 1.45 bits per heavy atom. The van der Waals surface area contributed by atoms with Crippen molar-refractivity contribution >= 4 is 11.7 Å². The topological polar surface area (TPSA) is 76.0 Å². The fourth-order valence-electron chi connectivity index (χ4n) is 1.96. The summed E-state index contributed by atoms with van der Waals surface area (Å²) in [4.78, 5) is 27.8. The van der Waals surface area contributed by atoms with Crippen molar-refractivity contribution in [3.05, 3.63) is 22.7 Å². The van der Waals surface area contributed by atoms with Gasteiger partial charge in [0.05, 0.1) is 0 Å². The lowest BCUT2D eigenvalue weighted by molar-refractivity contribution is -0.122. The third kappa shape index (κ3) is 4.08. The molecule has 110 valence electrons. The molecule has 1 aliphatic carbocycles. The van der Waals surface area contributed by atoms with Gasteiger partial charge in [0.1, 0.15) is 0 Å². The van der Waals surface area contributed by atoms with Gasteiger partial charge in [-0.05, 0) is 33.6 Å². The first-order valence-electron chi connectivity index (χ1n) is 6.99. The predicted molar refractivity (Wildman–Crippen MR) is 77.8 cm³/mol. The van der Waals surface area contributed by atoms with Crippen LogP contribution in [0.4, 0.5) is 5.82 Å². The van der Waals surface area contributed by atoms with E-state index in [0.717, 1.165) is 12.8 Å². The Labute approximate surface area is 118 Å². The molecule has 1 saturated carbocycles. The standard InChI is InChI=1S/C14H22N4O2/c1-14(2,3)17-11(19)6-7-15-12-13(20)18(9-8-16-12)10-4-5-10/h8-10H,4-7H2,1-3H3,(H,15,16)(H,17,19). The number of nitrogens with zero attached hydrogens (tertiary/aromatic N) is 2. The van der Waals surface area contributed by atoms with Crippen molar-refractivity contribution in [1.82, 2.24) is 14.9 Å². The van der Waals surface area contributed by atoms with Crippen molar-refractivity contribution in [3.8, 4) is 0 Å². The van der Waals surface area contributed by atoms with Gasteiger partial charge in [-0.15, -0.1) is 0 Å². The molecule has 6 heteroatoms. The molecule has 2 rings (SSSR count). The second-order valence-electron chi connectivity index (χ2n) is 6.19. The fourth-order valence-corrected chi connectivity index (χ4v) is 1.96. The second-order valence-corrected chi connectivity index (χ2v) is 6.19. The van der Waals surface area contributed by atoms with Gasteiger partial charge in [-0.25, -0.2) is 4.98 Å². The van der Waals surface area contributed by atoms with Crippen LogP contribution in [0.15, 0.2) is 17.2 Å². The van der Waals surface area contributed by atoms with Crippen LogP contribution in [0.25, 0.3) is 0 Å². The molecule has 0 radical (unpaired) electrons. The van der Waals surface area contributed by atoms with Crippen molar-refractivity contribution in [3.63, 3.8) is 0 Å². The van der Waals surface area contributed by atoms with Crippen LogP contribution in [0.5, 0.6) is 0 Å². The molecule has 1 aliphatic rings. The fraction of sp³-hybridized carbons (Fsp3) is 0.643. The summed E-state index contributed by atoms with van der Waals surface area (Å²) >= 11 is 0. The summed E-state index contributed by atoms with van der Waals surface area (Å²) < 4.78 is 1.71. The minimum absolute atomic E-state index is 0.0385. The minimum Gasteiger partial charge on any atom is -0.365 e. The van der Waals surface area contributed by atoms with Crippen LogP contribution in [-0.4, -0.2) is 27.5 Å². The van der Waals surface area contributed by atoms with Crippen molar-refractivity contribution in [2.24, 2.45) is 0 Å². The van der Waals surface area contributed by atoms with Gasteiger partial charge in [0.2, 0.25) is 5.91 Å². The lowest BCUT2D eigenvalue weighted by Crippen LogP contribution is -2.41. The van der Waals surface area contributed by atoms with Crippen LogP contribution in [0.1, 0.15) is 46.1 Å². The van der Waals surface area contributed by atoms with Crippen molar-refractivity contribution in [2.75, 3.05) is 11.9 Å². The van der Waals surface area contributed by atoms with E-state index in [2.05, 4.69) is 15.6 Å². The molecule has 2 N–H and O–H groups in total. The third-order valence-electron chi connectivity index (χ3n) is 2.97. The zero-order chi connectivity index (χ0) is 14.8. The molecule has 20 heavy (non-hydrogen) atoms. The molecule has 0 spiro atoms. The zero-order valence-corrected chi connectivity index (χ0v) is 12.3. The number of anilines is 1. The van der Waals surface area contributed by atoms with Gasteiger partial charge in [0.15, 0.2) is 5.82 Å². The Hall–Kier alpha value is -1.85. The van der Waals surface area contributed by atoms with Gasteiger partial charge in [-0.2, -0.15) is 0 Å². The molecule has 0 saturated heterocycles. The zero-order valence-electron chi connectivity index (χ0n) is 12.3. The summed E-state index contributed by atoms with van der Waals surface area (Å²) in [7, 11) is 0. The van der Waals surface area contributed by atoms with Gasteiger partial charge in [-0.1, -0.05) is 0 Å². The SMILES string of the molecule is CC(C)(C)NC(=O)CCNc1nccn(C2CC2)c1=O. The first-order valence-corrected chi connectivity index (χ1v) is 6.99. The molecular formula is C14H22N4O2. The van der Waals surface area contributed by atoms with Gasteiger partial charge in [0.25, 0.3) is 5.56 Å². The number of rotatable bonds is 5. The van der Waals surface area contributed by atoms with Gasteiger partial charge in [0, 0.05) is 36.9 Å². The van der Waals surface area contributed by atoms with Gasteiger partial charge < -0.3 is 15.2 Å². The average Bonchev–Trinajstić information content (AvgIpc) is 3.13. The smallest absolute Gasteiger partial charge is 0.293 e. The number of amides is 1. The number of nitrogens with one attached hydrogen (secondary N) is 2. The highest BCUT2D eigenvalue weighted by molar-refractivity contribution is 5.77. The average molecular weight is 278 g/mol. The highest BCUT2D eigenvalue weighted by atomic mass is 16.2. The van der Waals surface area contributed by atoms with E-state index in [9.17, 15) is 9.59 Å². The number of hydrogen-bond acceptors (Lipinski definition) is 4. The van der Waals surface area contributed by atoms with Gasteiger partial charge in [-0.3, -0.25) is 9.59 Å². The van der Waals surface area contributed by atoms with Crippen LogP contribution in [0, 0.1) is 0 Å². The van der Waals surface area contributed by atoms with E-state index in [1.165, 1.54) is 0 Å². The summed E-state index contributed by atoms with van der Waals surface area (Å²) in [5.41, 5.74) is -0.341. The second kappa shape index (κ2) is 5.64. The van der Waals surface area contributed by atoms with E-state index < -0.39 is 0 Å². The van der Waals surface area contributed by atoms with E-state index in [1.807, 2.05) is 20.8 Å². The van der Waals surface area contributed by atoms with Crippen molar-refractivity contribution in [2.45, 2.75) is 51.6 Å². The Bertz CT molecular complexity index is 541. The molecule has 0 atom stereocenters. The van der Waals surface area contributed by atoms with Crippen LogP contribution in [0.3, 0.4) is 0 Å². The molecule has 6 nitrogen and oxygen atoms in total. The monoisotopic (exact) mass is 278 g/mol. The summed E-state index contributed by atoms with van der Waals surface area (Å²) in [6.07, 6.45) is 5.76. The van der Waals surface area contributed by atoms with Crippen LogP contribution in [0.2, 0.25) is 0 Å². The predicted octanol–water partition coefficient (Wildman–Crippen LogP) is 1.29. The maximum absolute atomic E-state index is 12.1. The highest BCUT2D eigenvalue weighted by Crippen LogP contribution is 2.33. The molecule has 1 aromatic heterocycles. The Morgan fingerprint density at radius 2 is 2.15 bits per heavy atom. The first-order chi connectivity index (χ1) is 9.37. The Balaban J connectivity index is 1.87. The molecule has 0 aliphatic heterocycles. The number of hydrogen-bond donors (Lipinski definition) is 2. The summed E-state index contributed by atoms with van der Waals surface area (Å²) in [6, 6.07) is 0.329. The quantitative estimate of drug-likeness (QED) is 0.851. The van der Waals surface area contributed by atoms with E-state index in [1.54, 1.807) is 17.0 Å². The summed E-state index contributed by atoms with van der Waals surface area (Å²) in [5.74, 6) is 0.284. The van der Waals surface area contributed by atoms with Crippen LogP contribution in [-0.2, 0) is 4.79 Å². The Morgan fingerprint density at radius 3 is 2.75 bits per heavy atom. The minimum atomic E-state index is -0.235. The number of carbonyl (C=O) groups is 1. The lowest BCUT2D eigenvalue weighted by atomic mass is 10.1. The lowest BCUT2D eigenvalue weighted by Gasteiger charge is -2.20. The molecule has 1 aromatic rings. The largest absolute Gasteiger partial charge is 0.365 e. The Kier molecular flexibility index (Phi) is 4.11. The van der Waals surface area contributed by atoms with E-state index in [0.29, 0.717) is 24.8 Å². The number of aromatic nitrogens is 2. The van der Waals surface area contributed by atoms with E-state index >= 15 is 0 Å². The molecule has 0 unspecified atom stereocenters. The van der Waals surface area contributed by atoms with E-state index in [4.69, 9.17) is 0 Å². The molecule has 0 aromatic carbocycles. The first kappa shape index (κ1) is 14.6. The van der Waals surface area contributed by atoms with Gasteiger partial charge >= 0.3 is 0 Å². The highest BCUT2D eigenvalue weighted by Gasteiger charge is 2.25. The maximum Gasteiger partial charge on any atom is 0.293 e. The van der Waals surface area contributed by atoms with Crippen molar-refractivity contribution < 1.29 is 4.79 Å². The third-order valence-corrected chi connectivity index (χ3v) is 2.97. The van der Waals surface area contributed by atoms with Crippen molar-refractivity contribution in [1.29, 1.82) is 0 Å². The normalized spacial score (nSPS) is 14.9. The molecule has 1 amide bonds. The molecule has 1 fully saturated rings. The molecule has 0 bridgehead atoms. The molecular weight excluding hydrogens is 256 g/mol. The maximum atomic E-state index is 12.1. The van der Waals surface area contributed by atoms with Crippen LogP contribution >= 0.6 is 0 Å². The summed E-state index contributed by atoms with van der Waals surface area (Å²) in [6.45, 7) is 6.21. The van der Waals surface area contributed by atoms with Crippen LogP contribution < -0.4 is 16.2 Å². The number of carbonyl (C=O) groups excluding carboxylic acids is 1.